The minimum absolute atomic E-state index is 0.147. The first-order chi connectivity index (χ1) is 8.34. The number of benzene rings is 1. The van der Waals surface area contributed by atoms with E-state index in [4.69, 9.17) is 4.74 Å². The minimum Gasteiger partial charge on any atom is -0.463 e. The van der Waals surface area contributed by atoms with Crippen molar-refractivity contribution in [3.8, 4) is 0 Å². The van der Waals surface area contributed by atoms with E-state index >= 15 is 0 Å². The van der Waals surface area contributed by atoms with E-state index in [-0.39, 0.29) is 11.4 Å². The minimum atomic E-state index is -0.295. The van der Waals surface area contributed by atoms with Gasteiger partial charge in [0.2, 0.25) is 0 Å². The molecule has 1 rings (SSSR count). The number of hydrogen-bond donors (Lipinski definition) is 0. The van der Waals surface area contributed by atoms with Gasteiger partial charge in [0.1, 0.15) is 0 Å². The summed E-state index contributed by atoms with van der Waals surface area (Å²) in [5.74, 6) is -0.295. The van der Waals surface area contributed by atoms with Gasteiger partial charge in [-0.3, -0.25) is 0 Å². The van der Waals surface area contributed by atoms with Crippen molar-refractivity contribution in [2.24, 2.45) is 0 Å². The van der Waals surface area contributed by atoms with Crippen LogP contribution < -0.4 is 0 Å². The molecule has 0 amide bonds. The predicted octanol–water partition coefficient (Wildman–Crippen LogP) is 3.87. The maximum atomic E-state index is 11.2. The van der Waals surface area contributed by atoms with E-state index in [1.54, 1.807) is 13.0 Å². The highest BCUT2D eigenvalue weighted by atomic mass is 16.5. The molecule has 0 fully saturated rings. The fraction of sp³-hybridized carbons (Fsp3) is 0.438. The van der Waals surface area contributed by atoms with Crippen LogP contribution >= 0.6 is 0 Å². The zero-order valence-electron chi connectivity index (χ0n) is 11.9. The summed E-state index contributed by atoms with van der Waals surface area (Å²) in [4.78, 5) is 11.2. The van der Waals surface area contributed by atoms with Crippen molar-refractivity contribution in [2.45, 2.75) is 40.0 Å². The molecule has 0 spiro atoms. The second-order valence-corrected chi connectivity index (χ2v) is 5.41. The Morgan fingerprint density at radius 2 is 2.00 bits per heavy atom. The van der Waals surface area contributed by atoms with E-state index in [0.29, 0.717) is 6.61 Å². The summed E-state index contributed by atoms with van der Waals surface area (Å²) in [7, 11) is 0. The zero-order chi connectivity index (χ0) is 13.8. The maximum Gasteiger partial charge on any atom is 0.330 e. The van der Waals surface area contributed by atoms with E-state index in [0.717, 1.165) is 5.56 Å². The molecule has 0 saturated carbocycles. The van der Waals surface area contributed by atoms with Crippen LogP contribution in [0.25, 0.3) is 6.08 Å². The summed E-state index contributed by atoms with van der Waals surface area (Å²) in [6, 6.07) is 6.33. The van der Waals surface area contributed by atoms with Gasteiger partial charge in [0.15, 0.2) is 0 Å². The van der Waals surface area contributed by atoms with E-state index < -0.39 is 0 Å². The second-order valence-electron chi connectivity index (χ2n) is 5.41. The monoisotopic (exact) mass is 246 g/mol. The van der Waals surface area contributed by atoms with Crippen LogP contribution in [-0.2, 0) is 14.9 Å². The molecule has 18 heavy (non-hydrogen) atoms. The first-order valence-corrected chi connectivity index (χ1v) is 6.30. The molecule has 2 heteroatoms. The fourth-order valence-corrected chi connectivity index (χ4v) is 1.68. The molecular formula is C16H22O2. The molecule has 0 saturated heterocycles. The van der Waals surface area contributed by atoms with E-state index in [1.807, 2.05) is 6.07 Å². The average molecular weight is 246 g/mol. The largest absolute Gasteiger partial charge is 0.463 e. The van der Waals surface area contributed by atoms with Gasteiger partial charge in [-0.15, -0.1) is 0 Å². The van der Waals surface area contributed by atoms with Gasteiger partial charge in [0.25, 0.3) is 0 Å². The standard InChI is InChI=1S/C16H22O2/c1-6-18-15(17)10-8-13-7-9-14(11-12(13)2)16(3,4)5/h7-11H,6H2,1-5H3/b10-8+. The zero-order valence-corrected chi connectivity index (χ0v) is 11.9. The SMILES string of the molecule is CCOC(=O)/C=C/c1ccc(C(C)(C)C)cc1C. The van der Waals surface area contributed by atoms with Gasteiger partial charge < -0.3 is 4.74 Å². The van der Waals surface area contributed by atoms with Gasteiger partial charge >= 0.3 is 5.97 Å². The predicted molar refractivity (Wildman–Crippen MR) is 75.5 cm³/mol. The van der Waals surface area contributed by atoms with Crippen molar-refractivity contribution < 1.29 is 9.53 Å². The van der Waals surface area contributed by atoms with Crippen molar-refractivity contribution in [1.82, 2.24) is 0 Å². The molecule has 1 aromatic rings. The van der Waals surface area contributed by atoms with E-state index in [2.05, 4.69) is 39.8 Å². The molecule has 0 heterocycles. The normalized spacial score (nSPS) is 11.8. The van der Waals surface area contributed by atoms with Crippen LogP contribution in [0.15, 0.2) is 24.3 Å². The van der Waals surface area contributed by atoms with Gasteiger partial charge in [-0.05, 0) is 42.0 Å². The van der Waals surface area contributed by atoms with Crippen molar-refractivity contribution in [3.63, 3.8) is 0 Å². The summed E-state index contributed by atoms with van der Waals surface area (Å²) in [6.45, 7) is 10.8. The molecule has 0 aliphatic carbocycles. The Morgan fingerprint density at radius 3 is 2.50 bits per heavy atom. The van der Waals surface area contributed by atoms with Crippen molar-refractivity contribution in [2.75, 3.05) is 6.61 Å². The molecular weight excluding hydrogens is 224 g/mol. The highest BCUT2D eigenvalue weighted by Gasteiger charge is 2.13. The molecule has 0 N–H and O–H groups in total. The van der Waals surface area contributed by atoms with Gasteiger partial charge in [0.05, 0.1) is 6.61 Å². The third-order valence-corrected chi connectivity index (χ3v) is 2.82. The number of rotatable bonds is 3. The lowest BCUT2D eigenvalue weighted by molar-refractivity contribution is -0.137. The molecule has 0 aliphatic heterocycles. The van der Waals surface area contributed by atoms with Gasteiger partial charge in [0, 0.05) is 6.08 Å². The van der Waals surface area contributed by atoms with Crippen LogP contribution in [0.2, 0.25) is 0 Å². The summed E-state index contributed by atoms with van der Waals surface area (Å²) < 4.78 is 4.86. The van der Waals surface area contributed by atoms with Gasteiger partial charge in [-0.2, -0.15) is 0 Å². The second kappa shape index (κ2) is 5.85. The van der Waals surface area contributed by atoms with Crippen LogP contribution in [0.1, 0.15) is 44.4 Å². The summed E-state index contributed by atoms with van der Waals surface area (Å²) in [5.41, 5.74) is 3.67. The van der Waals surface area contributed by atoms with Gasteiger partial charge in [-0.1, -0.05) is 39.0 Å². The summed E-state index contributed by atoms with van der Waals surface area (Å²) >= 11 is 0. The van der Waals surface area contributed by atoms with Gasteiger partial charge in [-0.25, -0.2) is 4.79 Å². The highest BCUT2D eigenvalue weighted by molar-refractivity contribution is 5.87. The van der Waals surface area contributed by atoms with Crippen LogP contribution in [0, 0.1) is 6.92 Å². The van der Waals surface area contributed by atoms with Crippen LogP contribution in [0.5, 0.6) is 0 Å². The van der Waals surface area contributed by atoms with E-state index in [9.17, 15) is 4.79 Å². The number of esters is 1. The number of aryl methyl sites for hydroxylation is 1. The third-order valence-electron chi connectivity index (χ3n) is 2.82. The third kappa shape index (κ3) is 4.02. The first kappa shape index (κ1) is 14.5. The fourth-order valence-electron chi connectivity index (χ4n) is 1.68. The summed E-state index contributed by atoms with van der Waals surface area (Å²) in [5, 5.41) is 0. The Kier molecular flexibility index (Phi) is 4.71. The molecule has 98 valence electrons. The van der Waals surface area contributed by atoms with Crippen molar-refractivity contribution >= 4 is 12.0 Å². The lowest BCUT2D eigenvalue weighted by Crippen LogP contribution is -2.11. The number of carbonyl (C=O) groups is 1. The lowest BCUT2D eigenvalue weighted by atomic mass is 9.85. The van der Waals surface area contributed by atoms with Crippen molar-refractivity contribution in [1.29, 1.82) is 0 Å². The first-order valence-electron chi connectivity index (χ1n) is 6.30. The molecule has 2 nitrogen and oxygen atoms in total. The maximum absolute atomic E-state index is 11.2. The highest BCUT2D eigenvalue weighted by Crippen LogP contribution is 2.24. The number of carbonyl (C=O) groups excluding carboxylic acids is 1. The Hall–Kier alpha value is -1.57. The molecule has 0 unspecified atom stereocenters. The van der Waals surface area contributed by atoms with E-state index in [1.165, 1.54) is 17.2 Å². The Labute approximate surface area is 110 Å². The molecule has 1 aromatic carbocycles. The summed E-state index contributed by atoms with van der Waals surface area (Å²) in [6.07, 6.45) is 3.28. The lowest BCUT2D eigenvalue weighted by Gasteiger charge is -2.20. The molecule has 0 radical (unpaired) electrons. The smallest absolute Gasteiger partial charge is 0.330 e. The quantitative estimate of drug-likeness (QED) is 0.598. The molecule has 0 atom stereocenters. The van der Waals surface area contributed by atoms with Crippen LogP contribution in [-0.4, -0.2) is 12.6 Å². The molecule has 0 aromatic heterocycles. The average Bonchev–Trinajstić information content (AvgIpc) is 2.26. The Morgan fingerprint density at radius 1 is 1.33 bits per heavy atom. The topological polar surface area (TPSA) is 26.3 Å². The number of hydrogen-bond acceptors (Lipinski definition) is 2. The molecule has 0 bridgehead atoms. The van der Waals surface area contributed by atoms with Crippen LogP contribution in [0.4, 0.5) is 0 Å². The Balaban J connectivity index is 2.90. The van der Waals surface area contributed by atoms with Crippen LogP contribution in [0.3, 0.4) is 0 Å². The van der Waals surface area contributed by atoms with Crippen molar-refractivity contribution in [3.05, 3.63) is 41.0 Å². The molecule has 0 aliphatic rings. The Bertz CT molecular complexity index is 451. The number of ether oxygens (including phenoxy) is 1.